The second-order valence-corrected chi connectivity index (χ2v) is 4.09. The Morgan fingerprint density at radius 2 is 2.11 bits per heavy atom. The number of rotatable bonds is 4. The van der Waals surface area contributed by atoms with Crippen molar-refractivity contribution in [3.05, 3.63) is 47.8 Å². The van der Waals surface area contributed by atoms with Crippen molar-refractivity contribution in [3.63, 3.8) is 0 Å². The summed E-state index contributed by atoms with van der Waals surface area (Å²) in [5, 5.41) is 6.77. The Hall–Kier alpha value is -2.14. The molecule has 1 aromatic carbocycles. The highest BCUT2D eigenvalue weighted by Crippen LogP contribution is 2.09. The number of carbonyl (C=O) groups is 1. The molecule has 18 heavy (non-hydrogen) atoms. The Balaban J connectivity index is 2.04. The van der Waals surface area contributed by atoms with Crippen molar-refractivity contribution in [2.75, 3.05) is 11.9 Å². The van der Waals surface area contributed by atoms with Crippen molar-refractivity contribution in [1.82, 2.24) is 9.78 Å². The summed E-state index contributed by atoms with van der Waals surface area (Å²) in [5.74, 6) is -0.137. The second-order valence-electron chi connectivity index (χ2n) is 4.09. The first kappa shape index (κ1) is 12.3. The van der Waals surface area contributed by atoms with Crippen LogP contribution in [-0.2, 0) is 13.5 Å². The van der Waals surface area contributed by atoms with Crippen LogP contribution in [0.15, 0.2) is 36.7 Å². The minimum absolute atomic E-state index is 0.137. The molecule has 0 saturated heterocycles. The molecule has 1 aromatic heterocycles. The molecular formula is C13H16N4O. The normalized spacial score (nSPS) is 10.3. The van der Waals surface area contributed by atoms with Gasteiger partial charge < -0.3 is 11.1 Å². The summed E-state index contributed by atoms with van der Waals surface area (Å²) >= 11 is 0. The van der Waals surface area contributed by atoms with Gasteiger partial charge >= 0.3 is 0 Å². The first-order chi connectivity index (χ1) is 8.69. The Kier molecular flexibility index (Phi) is 3.74. The number of hydrogen-bond donors (Lipinski definition) is 2. The Labute approximate surface area is 106 Å². The first-order valence-corrected chi connectivity index (χ1v) is 5.78. The molecule has 0 saturated carbocycles. The lowest BCUT2D eigenvalue weighted by Crippen LogP contribution is -2.11. The molecule has 5 heteroatoms. The zero-order chi connectivity index (χ0) is 13.0. The van der Waals surface area contributed by atoms with E-state index in [9.17, 15) is 4.79 Å². The highest BCUT2D eigenvalue weighted by Gasteiger charge is 2.06. The summed E-state index contributed by atoms with van der Waals surface area (Å²) in [6.45, 7) is 0.612. The maximum Gasteiger partial charge on any atom is 0.255 e. The van der Waals surface area contributed by atoms with Crippen LogP contribution in [0.25, 0.3) is 0 Å². The fraction of sp³-hybridized carbons (Fsp3) is 0.231. The summed E-state index contributed by atoms with van der Waals surface area (Å²) in [5.41, 5.74) is 7.92. The largest absolute Gasteiger partial charge is 0.330 e. The second kappa shape index (κ2) is 5.46. The number of benzene rings is 1. The molecule has 0 radical (unpaired) electrons. The van der Waals surface area contributed by atoms with Crippen LogP contribution in [0.1, 0.15) is 15.9 Å². The van der Waals surface area contributed by atoms with E-state index in [1.54, 1.807) is 36.3 Å². The minimum Gasteiger partial charge on any atom is -0.330 e. The summed E-state index contributed by atoms with van der Waals surface area (Å²) in [4.78, 5) is 11.9. The summed E-state index contributed by atoms with van der Waals surface area (Å²) in [6.07, 6.45) is 4.19. The van der Waals surface area contributed by atoms with Crippen molar-refractivity contribution in [2.24, 2.45) is 12.8 Å². The number of aryl methyl sites for hydroxylation is 1. The summed E-state index contributed by atoms with van der Waals surface area (Å²) in [7, 11) is 1.80. The molecule has 0 aliphatic rings. The number of aromatic nitrogens is 2. The van der Waals surface area contributed by atoms with E-state index >= 15 is 0 Å². The molecule has 3 N–H and O–H groups in total. The third-order valence-corrected chi connectivity index (χ3v) is 2.61. The van der Waals surface area contributed by atoms with E-state index in [1.807, 2.05) is 12.1 Å². The van der Waals surface area contributed by atoms with Crippen LogP contribution in [0.4, 0.5) is 5.69 Å². The van der Waals surface area contributed by atoms with Crippen molar-refractivity contribution in [3.8, 4) is 0 Å². The fourth-order valence-corrected chi connectivity index (χ4v) is 1.68. The van der Waals surface area contributed by atoms with Gasteiger partial charge in [0.25, 0.3) is 5.91 Å². The molecule has 5 nitrogen and oxygen atoms in total. The van der Waals surface area contributed by atoms with Gasteiger partial charge in [-0.2, -0.15) is 5.10 Å². The topological polar surface area (TPSA) is 72.9 Å². The van der Waals surface area contributed by atoms with Crippen molar-refractivity contribution in [1.29, 1.82) is 0 Å². The number of amides is 1. The van der Waals surface area contributed by atoms with Gasteiger partial charge in [-0.15, -0.1) is 0 Å². The number of hydrogen-bond acceptors (Lipinski definition) is 3. The smallest absolute Gasteiger partial charge is 0.255 e. The number of nitrogens with zero attached hydrogens (tertiary/aromatic N) is 2. The molecule has 0 spiro atoms. The summed E-state index contributed by atoms with van der Waals surface area (Å²) < 4.78 is 1.64. The van der Waals surface area contributed by atoms with Crippen LogP contribution in [0, 0.1) is 0 Å². The SMILES string of the molecule is Cn1cc(NC(=O)c2ccc(CCN)cc2)cn1. The lowest BCUT2D eigenvalue weighted by molar-refractivity contribution is 0.102. The third-order valence-electron chi connectivity index (χ3n) is 2.61. The highest BCUT2D eigenvalue weighted by molar-refractivity contribution is 6.04. The lowest BCUT2D eigenvalue weighted by atomic mass is 10.1. The van der Waals surface area contributed by atoms with E-state index in [4.69, 9.17) is 5.73 Å². The molecule has 2 rings (SSSR count). The number of carbonyl (C=O) groups excluding carboxylic acids is 1. The van der Waals surface area contributed by atoms with Crippen LogP contribution < -0.4 is 11.1 Å². The Morgan fingerprint density at radius 1 is 1.39 bits per heavy atom. The number of nitrogens with two attached hydrogens (primary N) is 1. The molecule has 1 amide bonds. The molecule has 2 aromatic rings. The molecule has 0 aliphatic heterocycles. The zero-order valence-corrected chi connectivity index (χ0v) is 10.3. The van der Waals surface area contributed by atoms with Crippen LogP contribution in [0.5, 0.6) is 0 Å². The Bertz CT molecular complexity index is 530. The predicted octanol–water partition coefficient (Wildman–Crippen LogP) is 1.17. The van der Waals surface area contributed by atoms with E-state index in [1.165, 1.54) is 0 Å². The predicted molar refractivity (Wildman–Crippen MR) is 70.4 cm³/mol. The molecule has 1 heterocycles. The van der Waals surface area contributed by atoms with Crippen LogP contribution >= 0.6 is 0 Å². The van der Waals surface area contributed by atoms with Crippen LogP contribution in [0.3, 0.4) is 0 Å². The monoisotopic (exact) mass is 244 g/mol. The van der Waals surface area contributed by atoms with E-state index < -0.39 is 0 Å². The van der Waals surface area contributed by atoms with Crippen LogP contribution in [-0.4, -0.2) is 22.2 Å². The first-order valence-electron chi connectivity index (χ1n) is 5.78. The van der Waals surface area contributed by atoms with Gasteiger partial charge in [-0.3, -0.25) is 9.48 Å². The Morgan fingerprint density at radius 3 is 2.67 bits per heavy atom. The van der Waals surface area contributed by atoms with Gasteiger partial charge in [0.1, 0.15) is 0 Å². The third kappa shape index (κ3) is 2.95. The maximum absolute atomic E-state index is 11.9. The highest BCUT2D eigenvalue weighted by atomic mass is 16.1. The van der Waals surface area contributed by atoms with E-state index in [0.29, 0.717) is 17.8 Å². The molecule has 0 aliphatic carbocycles. The van der Waals surface area contributed by atoms with Crippen LogP contribution in [0.2, 0.25) is 0 Å². The van der Waals surface area contributed by atoms with Gasteiger partial charge in [0.2, 0.25) is 0 Å². The van der Waals surface area contributed by atoms with E-state index in [-0.39, 0.29) is 5.91 Å². The average molecular weight is 244 g/mol. The minimum atomic E-state index is -0.137. The molecular weight excluding hydrogens is 228 g/mol. The standard InChI is InChI=1S/C13H16N4O/c1-17-9-12(8-15-17)16-13(18)11-4-2-10(3-5-11)6-7-14/h2-5,8-9H,6-7,14H2,1H3,(H,16,18). The van der Waals surface area contributed by atoms with Gasteiger partial charge in [0.15, 0.2) is 0 Å². The number of nitrogens with one attached hydrogen (secondary N) is 1. The van der Waals surface area contributed by atoms with Gasteiger partial charge in [-0.25, -0.2) is 0 Å². The van der Waals surface area contributed by atoms with Gasteiger partial charge in [0, 0.05) is 18.8 Å². The zero-order valence-electron chi connectivity index (χ0n) is 10.3. The molecule has 0 fully saturated rings. The van der Waals surface area contributed by atoms with Crippen molar-refractivity contribution >= 4 is 11.6 Å². The lowest BCUT2D eigenvalue weighted by Gasteiger charge is -2.03. The summed E-state index contributed by atoms with van der Waals surface area (Å²) in [6, 6.07) is 7.45. The number of anilines is 1. The van der Waals surface area contributed by atoms with Crippen molar-refractivity contribution < 1.29 is 4.79 Å². The van der Waals surface area contributed by atoms with Crippen molar-refractivity contribution in [2.45, 2.75) is 6.42 Å². The van der Waals surface area contributed by atoms with Gasteiger partial charge in [-0.05, 0) is 30.7 Å². The molecule has 94 valence electrons. The maximum atomic E-state index is 11.9. The molecule has 0 atom stereocenters. The average Bonchev–Trinajstić information content (AvgIpc) is 2.76. The van der Waals surface area contributed by atoms with Gasteiger partial charge in [0.05, 0.1) is 11.9 Å². The quantitative estimate of drug-likeness (QED) is 0.848. The molecule has 0 bridgehead atoms. The van der Waals surface area contributed by atoms with E-state index in [0.717, 1.165) is 12.0 Å². The van der Waals surface area contributed by atoms with E-state index in [2.05, 4.69) is 10.4 Å². The van der Waals surface area contributed by atoms with Gasteiger partial charge in [-0.1, -0.05) is 12.1 Å². The fourth-order valence-electron chi connectivity index (χ4n) is 1.68. The molecule has 0 unspecified atom stereocenters.